The van der Waals surface area contributed by atoms with E-state index in [9.17, 15) is 9.59 Å². The highest BCUT2D eigenvalue weighted by molar-refractivity contribution is 5.67. The molecule has 3 rings (SSSR count). The predicted octanol–water partition coefficient (Wildman–Crippen LogP) is 2.97. The third-order valence-electron chi connectivity index (χ3n) is 6.43. The molecule has 8 heteroatoms. The second kappa shape index (κ2) is 11.2. The second-order valence-corrected chi connectivity index (χ2v) is 9.98. The third-order valence-corrected chi connectivity index (χ3v) is 6.43. The summed E-state index contributed by atoms with van der Waals surface area (Å²) < 4.78 is 17.6. The van der Waals surface area contributed by atoms with Crippen LogP contribution in [0.1, 0.15) is 56.4 Å². The lowest BCUT2D eigenvalue weighted by Gasteiger charge is -2.41. The van der Waals surface area contributed by atoms with Gasteiger partial charge in [-0.15, -0.1) is 0 Å². The Hall–Kier alpha value is -2.32. The van der Waals surface area contributed by atoms with Crippen LogP contribution >= 0.6 is 0 Å². The van der Waals surface area contributed by atoms with Crippen LogP contribution in [-0.2, 0) is 20.7 Å². The number of benzene rings is 1. The standard InChI is InChI=1S/C25H39N3O5/c1-17-6-7-19-20(23(17)31-5)14-21(32-22(19)15-26-16-29)18-8-11-28(12-9-18)13-10-27-24(30)33-25(2,3)4/h6-7,16,18,21-22H,8-15H2,1-5H3,(H,26,29)(H,27,30)/t21-,22-/m0/s1. The van der Waals surface area contributed by atoms with Crippen molar-refractivity contribution in [3.05, 3.63) is 28.8 Å². The zero-order valence-electron chi connectivity index (χ0n) is 20.6. The molecule has 2 heterocycles. The maximum absolute atomic E-state index is 11.8. The van der Waals surface area contributed by atoms with Gasteiger partial charge in [-0.25, -0.2) is 4.79 Å². The fourth-order valence-electron chi connectivity index (χ4n) is 4.86. The zero-order valence-corrected chi connectivity index (χ0v) is 20.6. The molecule has 1 fully saturated rings. The molecule has 2 aliphatic rings. The molecule has 33 heavy (non-hydrogen) atoms. The Morgan fingerprint density at radius 3 is 2.64 bits per heavy atom. The number of alkyl carbamates (subject to hydrolysis) is 1. The predicted molar refractivity (Wildman–Crippen MR) is 127 cm³/mol. The van der Waals surface area contributed by atoms with Gasteiger partial charge in [0.15, 0.2) is 0 Å². The van der Waals surface area contributed by atoms with Crippen molar-refractivity contribution in [1.82, 2.24) is 15.5 Å². The zero-order chi connectivity index (χ0) is 24.0. The normalized spacial score (nSPS) is 21.7. The highest BCUT2D eigenvalue weighted by Crippen LogP contribution is 2.40. The van der Waals surface area contributed by atoms with Gasteiger partial charge in [-0.05, 0) is 70.7 Å². The number of ether oxygens (including phenoxy) is 3. The number of likely N-dealkylation sites (tertiary alicyclic amines) is 1. The number of amides is 2. The molecule has 8 nitrogen and oxygen atoms in total. The first-order valence-electron chi connectivity index (χ1n) is 11.9. The van der Waals surface area contributed by atoms with E-state index in [0.29, 0.717) is 19.0 Å². The molecule has 0 unspecified atom stereocenters. The number of hydrogen-bond acceptors (Lipinski definition) is 6. The number of rotatable bonds is 8. The Kier molecular flexibility index (Phi) is 8.59. The molecular formula is C25H39N3O5. The molecule has 1 aromatic rings. The molecule has 1 aromatic carbocycles. The number of carbonyl (C=O) groups is 2. The van der Waals surface area contributed by atoms with E-state index < -0.39 is 5.60 Å². The molecule has 2 N–H and O–H groups in total. The molecule has 184 valence electrons. The average molecular weight is 462 g/mol. The van der Waals surface area contributed by atoms with E-state index in [0.717, 1.165) is 62.2 Å². The van der Waals surface area contributed by atoms with E-state index in [1.54, 1.807) is 7.11 Å². The van der Waals surface area contributed by atoms with Crippen molar-refractivity contribution in [3.8, 4) is 5.75 Å². The van der Waals surface area contributed by atoms with Crippen LogP contribution in [0.5, 0.6) is 5.75 Å². The van der Waals surface area contributed by atoms with E-state index in [-0.39, 0.29) is 18.3 Å². The summed E-state index contributed by atoms with van der Waals surface area (Å²) >= 11 is 0. The molecule has 0 spiro atoms. The van der Waals surface area contributed by atoms with E-state index in [2.05, 4.69) is 34.6 Å². The molecule has 1 saturated heterocycles. The van der Waals surface area contributed by atoms with Crippen molar-refractivity contribution >= 4 is 12.5 Å². The largest absolute Gasteiger partial charge is 0.496 e. The van der Waals surface area contributed by atoms with Crippen molar-refractivity contribution < 1.29 is 23.8 Å². The number of nitrogens with one attached hydrogen (secondary N) is 2. The van der Waals surface area contributed by atoms with E-state index >= 15 is 0 Å². The van der Waals surface area contributed by atoms with Gasteiger partial charge in [-0.2, -0.15) is 0 Å². The minimum atomic E-state index is -0.485. The monoisotopic (exact) mass is 461 g/mol. The van der Waals surface area contributed by atoms with Crippen LogP contribution in [0.3, 0.4) is 0 Å². The summed E-state index contributed by atoms with van der Waals surface area (Å²) in [6.45, 7) is 11.4. The summed E-state index contributed by atoms with van der Waals surface area (Å²) in [7, 11) is 1.72. The Morgan fingerprint density at radius 1 is 1.27 bits per heavy atom. The third kappa shape index (κ3) is 6.84. The van der Waals surface area contributed by atoms with Gasteiger partial charge >= 0.3 is 6.09 Å². The van der Waals surface area contributed by atoms with Crippen LogP contribution in [0, 0.1) is 12.8 Å². The topological polar surface area (TPSA) is 89.1 Å². The van der Waals surface area contributed by atoms with Crippen molar-refractivity contribution in [2.45, 2.75) is 64.8 Å². The van der Waals surface area contributed by atoms with Crippen LogP contribution in [0.2, 0.25) is 0 Å². The molecular weight excluding hydrogens is 422 g/mol. The van der Waals surface area contributed by atoms with Gasteiger partial charge < -0.3 is 29.7 Å². The lowest BCUT2D eigenvalue weighted by atomic mass is 9.83. The van der Waals surface area contributed by atoms with Gasteiger partial charge in [-0.3, -0.25) is 4.79 Å². The van der Waals surface area contributed by atoms with Gasteiger partial charge in [-0.1, -0.05) is 12.1 Å². The smallest absolute Gasteiger partial charge is 0.407 e. The number of aryl methyl sites for hydroxylation is 1. The van der Waals surface area contributed by atoms with Gasteiger partial charge in [0.25, 0.3) is 0 Å². The summed E-state index contributed by atoms with van der Waals surface area (Å²) in [4.78, 5) is 25.1. The molecule has 2 amide bonds. The van der Waals surface area contributed by atoms with E-state index in [1.807, 2.05) is 20.8 Å². The number of fused-ring (bicyclic) bond motifs is 1. The SMILES string of the molecule is COc1c(C)ccc2c1C[C@@H](C1CCN(CCNC(=O)OC(C)(C)C)CC1)O[C@H]2CNC=O. The summed E-state index contributed by atoms with van der Waals surface area (Å²) in [5.74, 6) is 1.37. The number of piperidine rings is 1. The Labute approximate surface area is 197 Å². The van der Waals surface area contributed by atoms with Crippen LogP contribution in [0.25, 0.3) is 0 Å². The minimum Gasteiger partial charge on any atom is -0.496 e. The Morgan fingerprint density at radius 2 is 2.00 bits per heavy atom. The quantitative estimate of drug-likeness (QED) is 0.579. The molecule has 0 radical (unpaired) electrons. The fraction of sp³-hybridized carbons (Fsp3) is 0.680. The highest BCUT2D eigenvalue weighted by atomic mass is 16.6. The molecule has 0 bridgehead atoms. The van der Waals surface area contributed by atoms with Crippen LogP contribution < -0.4 is 15.4 Å². The molecule has 2 aliphatic heterocycles. The van der Waals surface area contributed by atoms with Gasteiger partial charge in [0, 0.05) is 31.6 Å². The Bertz CT molecular complexity index is 815. The maximum Gasteiger partial charge on any atom is 0.407 e. The lowest BCUT2D eigenvalue weighted by molar-refractivity contribution is -0.111. The van der Waals surface area contributed by atoms with Crippen LogP contribution in [-0.4, -0.2) is 68.9 Å². The van der Waals surface area contributed by atoms with E-state index in [4.69, 9.17) is 14.2 Å². The lowest BCUT2D eigenvalue weighted by Crippen LogP contribution is -2.44. The van der Waals surface area contributed by atoms with Crippen molar-refractivity contribution in [3.63, 3.8) is 0 Å². The van der Waals surface area contributed by atoms with Gasteiger partial charge in [0.05, 0.1) is 13.2 Å². The van der Waals surface area contributed by atoms with Crippen LogP contribution in [0.15, 0.2) is 12.1 Å². The van der Waals surface area contributed by atoms with Gasteiger partial charge in [0.2, 0.25) is 6.41 Å². The maximum atomic E-state index is 11.8. The molecule has 2 atom stereocenters. The average Bonchev–Trinajstić information content (AvgIpc) is 2.76. The van der Waals surface area contributed by atoms with Crippen LogP contribution in [0.4, 0.5) is 4.79 Å². The first-order valence-corrected chi connectivity index (χ1v) is 11.9. The fourth-order valence-corrected chi connectivity index (χ4v) is 4.86. The minimum absolute atomic E-state index is 0.0914. The van der Waals surface area contributed by atoms with E-state index in [1.165, 1.54) is 5.56 Å². The highest BCUT2D eigenvalue weighted by Gasteiger charge is 2.36. The summed E-state index contributed by atoms with van der Waals surface area (Å²) in [5, 5.41) is 5.63. The first-order chi connectivity index (χ1) is 15.7. The van der Waals surface area contributed by atoms with Crippen molar-refractivity contribution in [1.29, 1.82) is 0 Å². The molecule has 0 aromatic heterocycles. The van der Waals surface area contributed by atoms with Gasteiger partial charge in [0.1, 0.15) is 17.5 Å². The number of hydrogen-bond donors (Lipinski definition) is 2. The first kappa shape index (κ1) is 25.3. The van der Waals surface area contributed by atoms with Crippen molar-refractivity contribution in [2.24, 2.45) is 5.92 Å². The molecule has 0 saturated carbocycles. The molecule has 0 aliphatic carbocycles. The summed E-state index contributed by atoms with van der Waals surface area (Å²) in [6, 6.07) is 4.15. The summed E-state index contributed by atoms with van der Waals surface area (Å²) in [5.41, 5.74) is 2.94. The summed E-state index contributed by atoms with van der Waals surface area (Å²) in [6.07, 6.45) is 3.17. The number of nitrogens with zero attached hydrogens (tertiary/aromatic N) is 1. The number of carbonyl (C=O) groups excluding carboxylic acids is 2. The second-order valence-electron chi connectivity index (χ2n) is 9.98. The number of methoxy groups -OCH3 is 1. The van der Waals surface area contributed by atoms with Crippen molar-refractivity contribution in [2.75, 3.05) is 39.8 Å². The Balaban J connectivity index is 1.56.